The highest BCUT2D eigenvalue weighted by molar-refractivity contribution is 6.83. The van der Waals surface area contributed by atoms with Gasteiger partial charge in [-0.1, -0.05) is 13.8 Å². The fourth-order valence-electron chi connectivity index (χ4n) is 1.88. The van der Waals surface area contributed by atoms with Crippen molar-refractivity contribution in [2.45, 2.75) is 25.6 Å². The summed E-state index contributed by atoms with van der Waals surface area (Å²) in [5.41, 5.74) is 0.606. The van der Waals surface area contributed by atoms with E-state index in [1.165, 1.54) is 0 Å². The molecule has 0 aliphatic rings. The van der Waals surface area contributed by atoms with E-state index in [0.717, 1.165) is 6.04 Å². The number of halogens is 1. The summed E-state index contributed by atoms with van der Waals surface area (Å²) in [6.07, 6.45) is 0. The normalized spacial score (nSPS) is 12.7. The lowest BCUT2D eigenvalue weighted by Gasteiger charge is -2.34. The molecule has 0 saturated heterocycles. The van der Waals surface area contributed by atoms with E-state index in [1.54, 1.807) is 35.5 Å². The lowest BCUT2D eigenvalue weighted by molar-refractivity contribution is 0.122. The Kier molecular flexibility index (Phi) is 10.9. The standard InChI is InChI=1S/C10H26O5Si2.ClH/c1-10(2)8-16(11-3,12-4)9-17(13-5,14-6)15-7;/h10H,8-9H2,1-7H3;1H. The highest BCUT2D eigenvalue weighted by Crippen LogP contribution is 2.28. The molecule has 112 valence electrons. The summed E-state index contributed by atoms with van der Waals surface area (Å²) >= 11 is 0. The molecule has 0 amide bonds. The van der Waals surface area contributed by atoms with Gasteiger partial charge in [0.15, 0.2) is 0 Å². The second-order valence-electron chi connectivity index (χ2n) is 4.39. The number of hydrogen-bond donors (Lipinski definition) is 0. The zero-order valence-corrected chi connectivity index (χ0v) is 15.3. The van der Waals surface area contributed by atoms with Gasteiger partial charge in [0.05, 0.1) is 5.67 Å². The molecule has 0 saturated carbocycles. The first-order valence-electron chi connectivity index (χ1n) is 5.69. The summed E-state index contributed by atoms with van der Waals surface area (Å²) in [6.45, 7) is 4.30. The second-order valence-corrected chi connectivity index (χ2v) is 11.4. The van der Waals surface area contributed by atoms with Crippen LogP contribution in [-0.4, -0.2) is 52.9 Å². The van der Waals surface area contributed by atoms with Gasteiger partial charge in [0.2, 0.25) is 0 Å². The van der Waals surface area contributed by atoms with E-state index in [9.17, 15) is 0 Å². The molecule has 0 heterocycles. The lowest BCUT2D eigenvalue weighted by Crippen LogP contribution is -2.55. The highest BCUT2D eigenvalue weighted by atomic mass is 35.5. The summed E-state index contributed by atoms with van der Waals surface area (Å²) in [7, 11) is 3.25. The van der Waals surface area contributed by atoms with Crippen molar-refractivity contribution < 1.29 is 22.1 Å². The van der Waals surface area contributed by atoms with Gasteiger partial charge in [-0.2, -0.15) is 0 Å². The minimum Gasteiger partial charge on any atom is -0.398 e. The first kappa shape index (κ1) is 20.8. The molecule has 0 aromatic heterocycles. The van der Waals surface area contributed by atoms with Gasteiger partial charge in [-0.3, -0.25) is 0 Å². The van der Waals surface area contributed by atoms with Crippen molar-refractivity contribution in [3.8, 4) is 0 Å². The van der Waals surface area contributed by atoms with Gasteiger partial charge in [-0.05, 0) is 12.0 Å². The maximum Gasteiger partial charge on any atom is 0.502 e. The largest absolute Gasteiger partial charge is 0.502 e. The van der Waals surface area contributed by atoms with Crippen LogP contribution < -0.4 is 0 Å². The minimum atomic E-state index is -2.65. The summed E-state index contributed by atoms with van der Waals surface area (Å²) < 4.78 is 27.7. The molecule has 0 aromatic carbocycles. The van der Waals surface area contributed by atoms with Crippen LogP contribution in [-0.2, 0) is 22.1 Å². The SMILES string of the molecule is CO[Si](CC(C)C)(C[Si](OC)(OC)OC)OC.Cl. The Morgan fingerprint density at radius 3 is 1.39 bits per heavy atom. The van der Waals surface area contributed by atoms with E-state index in [-0.39, 0.29) is 12.4 Å². The average Bonchev–Trinajstić information content (AvgIpc) is 2.34. The van der Waals surface area contributed by atoms with Crippen molar-refractivity contribution in [3.05, 3.63) is 0 Å². The molecule has 0 fully saturated rings. The van der Waals surface area contributed by atoms with Gasteiger partial charge in [0.1, 0.15) is 0 Å². The van der Waals surface area contributed by atoms with Gasteiger partial charge in [0, 0.05) is 35.5 Å². The van der Waals surface area contributed by atoms with Gasteiger partial charge < -0.3 is 22.1 Å². The Balaban J connectivity index is 0. The first-order chi connectivity index (χ1) is 7.93. The fraction of sp³-hybridized carbons (Fsp3) is 1.00. The Bertz CT molecular complexity index is 202. The molecule has 0 aromatic rings. The van der Waals surface area contributed by atoms with Crippen LogP contribution in [0.2, 0.25) is 11.7 Å². The molecule has 5 nitrogen and oxygen atoms in total. The van der Waals surface area contributed by atoms with E-state index in [4.69, 9.17) is 22.1 Å². The molecular formula is C10H27ClO5Si2. The Labute approximate surface area is 119 Å². The zero-order valence-electron chi connectivity index (χ0n) is 12.4. The molecule has 0 unspecified atom stereocenters. The van der Waals surface area contributed by atoms with Crippen LogP contribution in [0.5, 0.6) is 0 Å². The molecule has 0 spiro atoms. The van der Waals surface area contributed by atoms with E-state index in [2.05, 4.69) is 13.8 Å². The number of hydrogen-bond acceptors (Lipinski definition) is 5. The van der Waals surface area contributed by atoms with Gasteiger partial charge in [-0.25, -0.2) is 0 Å². The highest BCUT2D eigenvalue weighted by Gasteiger charge is 2.51. The van der Waals surface area contributed by atoms with Gasteiger partial charge in [-0.15, -0.1) is 12.4 Å². The van der Waals surface area contributed by atoms with Crippen molar-refractivity contribution in [1.29, 1.82) is 0 Å². The predicted octanol–water partition coefficient (Wildman–Crippen LogP) is 2.22. The van der Waals surface area contributed by atoms with E-state index in [0.29, 0.717) is 11.6 Å². The topological polar surface area (TPSA) is 46.2 Å². The quantitative estimate of drug-likeness (QED) is 0.610. The summed E-state index contributed by atoms with van der Waals surface area (Å²) in [5, 5.41) is 0. The number of rotatable bonds is 9. The molecule has 0 bridgehead atoms. The molecule has 18 heavy (non-hydrogen) atoms. The third-order valence-corrected chi connectivity index (χ3v) is 11.6. The van der Waals surface area contributed by atoms with Crippen LogP contribution in [0.1, 0.15) is 13.8 Å². The molecule has 0 N–H and O–H groups in total. The maximum atomic E-state index is 5.67. The molecule has 0 rings (SSSR count). The van der Waals surface area contributed by atoms with E-state index >= 15 is 0 Å². The van der Waals surface area contributed by atoms with Crippen LogP contribution in [0.15, 0.2) is 0 Å². The lowest BCUT2D eigenvalue weighted by atomic mass is 10.3. The van der Waals surface area contributed by atoms with Crippen LogP contribution >= 0.6 is 12.4 Å². The third kappa shape index (κ3) is 5.66. The van der Waals surface area contributed by atoms with Crippen LogP contribution in [0.25, 0.3) is 0 Å². The average molecular weight is 319 g/mol. The Hall–Kier alpha value is 0.524. The molecule has 0 aliphatic carbocycles. The van der Waals surface area contributed by atoms with Gasteiger partial charge in [0.25, 0.3) is 0 Å². The summed E-state index contributed by atoms with van der Waals surface area (Å²) in [6, 6.07) is 0.894. The maximum absolute atomic E-state index is 5.67. The van der Waals surface area contributed by atoms with Gasteiger partial charge >= 0.3 is 17.4 Å². The monoisotopic (exact) mass is 318 g/mol. The Morgan fingerprint density at radius 2 is 1.17 bits per heavy atom. The van der Waals surface area contributed by atoms with Crippen molar-refractivity contribution in [2.24, 2.45) is 5.92 Å². The first-order valence-corrected chi connectivity index (χ1v) is 9.85. The molecule has 8 heteroatoms. The third-order valence-electron chi connectivity index (χ3n) is 2.88. The fourth-order valence-corrected chi connectivity index (χ4v) is 10.2. The van der Waals surface area contributed by atoms with Crippen LogP contribution in [0.4, 0.5) is 0 Å². The van der Waals surface area contributed by atoms with Crippen molar-refractivity contribution in [1.82, 2.24) is 0 Å². The van der Waals surface area contributed by atoms with E-state index in [1.807, 2.05) is 0 Å². The van der Waals surface area contributed by atoms with Crippen molar-refractivity contribution in [2.75, 3.05) is 35.5 Å². The predicted molar refractivity (Wildman–Crippen MR) is 78.3 cm³/mol. The van der Waals surface area contributed by atoms with E-state index < -0.39 is 17.4 Å². The molecule has 0 aliphatic heterocycles. The van der Waals surface area contributed by atoms with Crippen molar-refractivity contribution in [3.63, 3.8) is 0 Å². The molecule has 0 radical (unpaired) electrons. The van der Waals surface area contributed by atoms with Crippen LogP contribution in [0, 0.1) is 5.92 Å². The molecule has 0 atom stereocenters. The second kappa shape index (κ2) is 9.43. The zero-order chi connectivity index (χ0) is 13.5. The minimum absolute atomic E-state index is 0. The molecular weight excluding hydrogens is 292 g/mol. The van der Waals surface area contributed by atoms with Crippen LogP contribution in [0.3, 0.4) is 0 Å². The Morgan fingerprint density at radius 1 is 0.778 bits per heavy atom. The smallest absolute Gasteiger partial charge is 0.398 e. The van der Waals surface area contributed by atoms with Crippen molar-refractivity contribution >= 4 is 29.8 Å². The summed E-state index contributed by atoms with van der Waals surface area (Å²) in [5.74, 6) is 0.499. The summed E-state index contributed by atoms with van der Waals surface area (Å²) in [4.78, 5) is 0.